The summed E-state index contributed by atoms with van der Waals surface area (Å²) >= 11 is 4.93. The minimum atomic E-state index is -0.497. The number of carbonyl (C=O) groups excluding carboxylic acids is 2. The largest absolute Gasteiger partial charge is 0.392 e. The minimum Gasteiger partial charge on any atom is -0.392 e. The number of hydrogen-bond donors (Lipinski definition) is 1. The van der Waals surface area contributed by atoms with E-state index in [9.17, 15) is 9.59 Å². The number of ether oxygens (including phenoxy) is 1. The Bertz CT molecular complexity index is 286. The van der Waals surface area contributed by atoms with E-state index in [0.29, 0.717) is 6.42 Å². The molecular formula is C15H27I2NO3. The summed E-state index contributed by atoms with van der Waals surface area (Å²) in [7, 11) is 1.65. The third-order valence-electron chi connectivity index (χ3n) is 3.10. The predicted molar refractivity (Wildman–Crippen MR) is 103 cm³/mol. The summed E-state index contributed by atoms with van der Waals surface area (Å²) in [5.41, 5.74) is 0. The first-order valence-electron chi connectivity index (χ1n) is 7.72. The van der Waals surface area contributed by atoms with Crippen LogP contribution in [-0.4, -0.2) is 27.5 Å². The Balaban J connectivity index is 3.25. The number of hydrogen-bond acceptors (Lipinski definition) is 4. The van der Waals surface area contributed by atoms with Gasteiger partial charge in [0, 0.05) is 6.42 Å². The molecule has 0 spiro atoms. The summed E-state index contributed by atoms with van der Waals surface area (Å²) < 4.78 is 5.40. The Hall–Kier alpha value is 0.560. The Morgan fingerprint density at radius 1 is 0.905 bits per heavy atom. The molecule has 0 bridgehead atoms. The van der Waals surface area contributed by atoms with Crippen LogP contribution in [0, 0.1) is 0 Å². The highest BCUT2D eigenvalue weighted by Gasteiger charge is 2.08. The van der Waals surface area contributed by atoms with Gasteiger partial charge >= 0.3 is 11.9 Å². The van der Waals surface area contributed by atoms with Crippen molar-refractivity contribution < 1.29 is 14.3 Å². The molecule has 0 saturated heterocycles. The van der Waals surface area contributed by atoms with Gasteiger partial charge in [0.25, 0.3) is 0 Å². The van der Waals surface area contributed by atoms with Crippen LogP contribution < -0.4 is 5.32 Å². The highest BCUT2D eigenvalue weighted by molar-refractivity contribution is 14.2. The van der Waals surface area contributed by atoms with E-state index in [4.69, 9.17) is 0 Å². The topological polar surface area (TPSA) is 55.4 Å². The second-order valence-electron chi connectivity index (χ2n) is 5.13. The van der Waals surface area contributed by atoms with Crippen LogP contribution in [0.3, 0.4) is 0 Å². The number of unbranched alkanes of at least 4 members (excludes halogenated alkanes) is 7. The molecule has 0 aromatic carbocycles. The normalized spacial score (nSPS) is 10.9. The molecule has 0 radical (unpaired) electrons. The summed E-state index contributed by atoms with van der Waals surface area (Å²) in [4.78, 5) is 22.4. The quantitative estimate of drug-likeness (QED) is 0.128. The number of nitrogens with one attached hydrogen (secondary N) is 1. The van der Waals surface area contributed by atoms with Crippen molar-refractivity contribution >= 4 is 57.1 Å². The average Bonchev–Trinajstić information content (AvgIpc) is 2.40. The molecule has 21 heavy (non-hydrogen) atoms. The summed E-state index contributed by atoms with van der Waals surface area (Å²) in [6.07, 6.45) is 11.2. The van der Waals surface area contributed by atoms with Gasteiger partial charge in [-0.1, -0.05) is 90.1 Å². The third-order valence-corrected chi connectivity index (χ3v) is 4.35. The lowest BCUT2D eigenvalue weighted by molar-refractivity contribution is -0.158. The van der Waals surface area contributed by atoms with E-state index in [2.05, 4.69) is 55.2 Å². The zero-order valence-corrected chi connectivity index (χ0v) is 17.2. The summed E-state index contributed by atoms with van der Waals surface area (Å²) in [6.45, 7) is 0.0849. The Morgan fingerprint density at radius 3 is 1.95 bits per heavy atom. The molecule has 1 N–H and O–H groups in total. The molecule has 0 saturated carbocycles. The van der Waals surface area contributed by atoms with Crippen LogP contribution in [0.1, 0.15) is 64.2 Å². The number of likely N-dealkylation sites (N-methyl/N-ethyl adjacent to an activating group) is 1. The van der Waals surface area contributed by atoms with Crippen molar-refractivity contribution in [2.75, 3.05) is 13.6 Å². The summed E-state index contributed by atoms with van der Waals surface area (Å²) in [6, 6.07) is 0. The van der Waals surface area contributed by atoms with Crippen LogP contribution in [0.5, 0.6) is 0 Å². The molecular weight excluding hydrogens is 496 g/mol. The maximum Gasteiger partial charge on any atom is 0.327 e. The molecule has 0 heterocycles. The molecule has 6 heteroatoms. The van der Waals surface area contributed by atoms with Crippen molar-refractivity contribution in [1.82, 2.24) is 5.32 Å². The van der Waals surface area contributed by atoms with E-state index in [-0.39, 0.29) is 6.54 Å². The van der Waals surface area contributed by atoms with Gasteiger partial charge in [0.15, 0.2) is 0 Å². The van der Waals surface area contributed by atoms with Crippen molar-refractivity contribution in [3.8, 4) is 0 Å². The molecule has 4 nitrogen and oxygen atoms in total. The van der Waals surface area contributed by atoms with E-state index < -0.39 is 11.9 Å². The lowest BCUT2D eigenvalue weighted by Gasteiger charge is -2.04. The second-order valence-corrected chi connectivity index (χ2v) is 10.5. The fourth-order valence-electron chi connectivity index (χ4n) is 1.99. The summed E-state index contributed by atoms with van der Waals surface area (Å²) in [5, 5.41) is 2.66. The standard InChI is InChI=1S/C15H27I2NO3/c1-18-12-15(20)21-14(19)11-9-7-5-3-2-4-6-8-10-13(16)17/h13,18H,2-12H2,1H3. The number of esters is 2. The van der Waals surface area contributed by atoms with Crippen molar-refractivity contribution in [2.24, 2.45) is 0 Å². The average molecular weight is 523 g/mol. The van der Waals surface area contributed by atoms with E-state index in [1.54, 1.807) is 7.05 Å². The molecule has 124 valence electrons. The molecule has 0 unspecified atom stereocenters. The van der Waals surface area contributed by atoms with Gasteiger partial charge < -0.3 is 10.1 Å². The first kappa shape index (κ1) is 21.6. The highest BCUT2D eigenvalue weighted by Crippen LogP contribution is 2.18. The highest BCUT2D eigenvalue weighted by atomic mass is 127. The SMILES string of the molecule is CNCC(=O)OC(=O)CCCCCCCCCCC(I)I. The van der Waals surface area contributed by atoms with Crippen molar-refractivity contribution in [2.45, 2.75) is 66.1 Å². The van der Waals surface area contributed by atoms with Crippen LogP contribution >= 0.6 is 45.2 Å². The fraction of sp³-hybridized carbons (Fsp3) is 0.867. The first-order chi connectivity index (χ1) is 10.1. The summed E-state index contributed by atoms with van der Waals surface area (Å²) in [5.74, 6) is -0.898. The van der Waals surface area contributed by atoms with Gasteiger partial charge in [-0.15, -0.1) is 0 Å². The molecule has 0 aromatic rings. The maximum absolute atomic E-state index is 11.3. The first-order valence-corrected chi connectivity index (χ1v) is 10.2. The number of rotatable bonds is 13. The molecule has 0 amide bonds. The van der Waals surface area contributed by atoms with Crippen LogP contribution in [0.15, 0.2) is 0 Å². The monoisotopic (exact) mass is 523 g/mol. The number of halogens is 2. The van der Waals surface area contributed by atoms with E-state index in [0.717, 1.165) is 14.8 Å². The predicted octanol–water partition coefficient (Wildman–Crippen LogP) is 4.37. The van der Waals surface area contributed by atoms with Crippen molar-refractivity contribution in [3.05, 3.63) is 0 Å². The third kappa shape index (κ3) is 16.8. The van der Waals surface area contributed by atoms with Crippen LogP contribution in [0.2, 0.25) is 0 Å². The molecule has 0 aliphatic heterocycles. The van der Waals surface area contributed by atoms with E-state index in [1.807, 2.05) is 0 Å². The Morgan fingerprint density at radius 2 is 1.43 bits per heavy atom. The lowest BCUT2D eigenvalue weighted by atomic mass is 10.1. The zero-order chi connectivity index (χ0) is 15.9. The van der Waals surface area contributed by atoms with Crippen molar-refractivity contribution in [3.63, 3.8) is 0 Å². The van der Waals surface area contributed by atoms with Gasteiger partial charge in [-0.2, -0.15) is 0 Å². The van der Waals surface area contributed by atoms with Gasteiger partial charge in [0.05, 0.1) is 8.48 Å². The van der Waals surface area contributed by atoms with Crippen molar-refractivity contribution in [1.29, 1.82) is 0 Å². The Kier molecular flexibility index (Phi) is 15.9. The number of alkyl halides is 2. The van der Waals surface area contributed by atoms with Gasteiger partial charge in [0.1, 0.15) is 0 Å². The maximum atomic E-state index is 11.3. The fourth-order valence-corrected chi connectivity index (χ4v) is 2.87. The van der Waals surface area contributed by atoms with Gasteiger partial charge in [-0.05, 0) is 19.9 Å². The van der Waals surface area contributed by atoms with Crippen LogP contribution in [-0.2, 0) is 14.3 Å². The van der Waals surface area contributed by atoms with Crippen LogP contribution in [0.4, 0.5) is 0 Å². The zero-order valence-electron chi connectivity index (χ0n) is 12.8. The number of carbonyl (C=O) groups is 2. The Labute approximate surface area is 155 Å². The van der Waals surface area contributed by atoms with Gasteiger partial charge in [0.2, 0.25) is 0 Å². The molecule has 0 rings (SSSR count). The minimum absolute atomic E-state index is 0.0849. The molecule has 0 aliphatic carbocycles. The van der Waals surface area contributed by atoms with Gasteiger partial charge in [-0.3, -0.25) is 9.59 Å². The second kappa shape index (κ2) is 15.5. The smallest absolute Gasteiger partial charge is 0.327 e. The molecule has 0 aliphatic rings. The molecule has 0 aromatic heterocycles. The molecule has 0 fully saturated rings. The van der Waals surface area contributed by atoms with E-state index in [1.165, 1.54) is 44.9 Å². The lowest BCUT2D eigenvalue weighted by Crippen LogP contribution is -2.23. The van der Waals surface area contributed by atoms with Gasteiger partial charge in [-0.25, -0.2) is 0 Å². The molecule has 0 atom stereocenters. The van der Waals surface area contributed by atoms with E-state index >= 15 is 0 Å². The van der Waals surface area contributed by atoms with Crippen LogP contribution in [0.25, 0.3) is 0 Å².